The summed E-state index contributed by atoms with van der Waals surface area (Å²) in [5, 5.41) is 94.1. The van der Waals surface area contributed by atoms with Crippen LogP contribution in [0.4, 0.5) is 0 Å². The molecule has 0 bridgehead atoms. The van der Waals surface area contributed by atoms with Gasteiger partial charge in [0, 0.05) is 0 Å². The van der Waals surface area contributed by atoms with Crippen LogP contribution in [-0.4, -0.2) is 139 Å². The van der Waals surface area contributed by atoms with E-state index < -0.39 is 80.7 Å². The van der Waals surface area contributed by atoms with Crippen molar-refractivity contribution in [1.82, 2.24) is 0 Å². The Morgan fingerprint density at radius 2 is 1.37 bits per heavy atom. The zero-order chi connectivity index (χ0) is 37.9. The smallest absolute Gasteiger partial charge is 0.186 e. The molecule has 20 atom stereocenters. The fourth-order valence-electron chi connectivity index (χ4n) is 11.6. The monoisotopic (exact) mass is 742 g/mol. The third-order valence-electron chi connectivity index (χ3n) is 14.7. The van der Waals surface area contributed by atoms with Gasteiger partial charge in [-0.2, -0.15) is 0 Å². The van der Waals surface area contributed by atoms with E-state index >= 15 is 0 Å². The molecule has 4 aliphatic carbocycles. The number of hydrogen-bond donors (Lipinski definition) is 9. The number of aliphatic hydroxyl groups is 9. The van der Waals surface area contributed by atoms with Crippen LogP contribution < -0.4 is 0 Å². The Balaban J connectivity index is 1.22. The number of allylic oxidation sites excluding steroid dienone is 1. The Morgan fingerprint density at radius 3 is 1.94 bits per heavy atom. The molecule has 6 rings (SSSR count). The molecule has 9 N–H and O–H groups in total. The zero-order valence-corrected chi connectivity index (χ0v) is 31.5. The van der Waals surface area contributed by atoms with Crippen molar-refractivity contribution in [2.45, 2.75) is 172 Å². The van der Waals surface area contributed by atoms with E-state index in [1.165, 1.54) is 5.57 Å². The molecule has 20 unspecified atom stereocenters. The van der Waals surface area contributed by atoms with Crippen LogP contribution in [0, 0.1) is 46.3 Å². The topological polar surface area (TPSA) is 219 Å². The van der Waals surface area contributed by atoms with Gasteiger partial charge in [0.05, 0.1) is 31.5 Å². The van der Waals surface area contributed by atoms with E-state index in [2.05, 4.69) is 40.7 Å². The van der Waals surface area contributed by atoms with Gasteiger partial charge in [-0.1, -0.05) is 46.3 Å². The number of ether oxygens (including phenoxy) is 4. The maximum Gasteiger partial charge on any atom is 0.186 e. The summed E-state index contributed by atoms with van der Waals surface area (Å²) in [6.45, 7) is 10.1. The van der Waals surface area contributed by atoms with Crippen LogP contribution in [-0.2, 0) is 18.9 Å². The second-order valence-corrected chi connectivity index (χ2v) is 18.0. The van der Waals surface area contributed by atoms with Crippen molar-refractivity contribution < 1.29 is 64.9 Å². The van der Waals surface area contributed by atoms with Crippen molar-refractivity contribution in [3.8, 4) is 0 Å². The van der Waals surface area contributed by atoms with Crippen molar-refractivity contribution in [1.29, 1.82) is 0 Å². The van der Waals surface area contributed by atoms with Crippen molar-refractivity contribution in [3.63, 3.8) is 0 Å². The molecular weight excluding hydrogens is 676 g/mol. The molecule has 0 spiro atoms. The number of rotatable bonds is 11. The second-order valence-electron chi connectivity index (χ2n) is 18.0. The highest BCUT2D eigenvalue weighted by molar-refractivity contribution is 5.26. The lowest BCUT2D eigenvalue weighted by molar-refractivity contribution is -0.316. The zero-order valence-electron chi connectivity index (χ0n) is 31.5. The van der Waals surface area contributed by atoms with Crippen molar-refractivity contribution in [2.24, 2.45) is 46.3 Å². The molecular formula is C39H66O13. The summed E-state index contributed by atoms with van der Waals surface area (Å²) in [6, 6.07) is 0. The summed E-state index contributed by atoms with van der Waals surface area (Å²) in [6.07, 6.45) is -4.88. The Labute approximate surface area is 307 Å². The normalized spacial score (nSPS) is 50.6. The molecule has 2 aliphatic heterocycles. The van der Waals surface area contributed by atoms with Crippen molar-refractivity contribution in [2.75, 3.05) is 13.2 Å². The van der Waals surface area contributed by atoms with Gasteiger partial charge < -0.3 is 64.9 Å². The number of fused-ring (bicyclic) bond motifs is 5. The van der Waals surface area contributed by atoms with Crippen LogP contribution in [0.15, 0.2) is 11.6 Å². The Kier molecular flexibility index (Phi) is 12.6. The Bertz CT molecular complexity index is 1230. The molecule has 13 nitrogen and oxygen atoms in total. The molecule has 0 aromatic carbocycles. The molecule has 2 saturated heterocycles. The first-order chi connectivity index (χ1) is 24.5. The predicted octanol–water partition coefficient (Wildman–Crippen LogP) is 0.979. The summed E-state index contributed by atoms with van der Waals surface area (Å²) >= 11 is 0. The largest absolute Gasteiger partial charge is 0.394 e. The summed E-state index contributed by atoms with van der Waals surface area (Å²) in [5.41, 5.74) is 1.07. The number of hydrogen-bond acceptors (Lipinski definition) is 13. The van der Waals surface area contributed by atoms with Gasteiger partial charge in [0.1, 0.15) is 48.8 Å². The highest BCUT2D eigenvalue weighted by Crippen LogP contribution is 2.68. The third kappa shape index (κ3) is 7.30. The first kappa shape index (κ1) is 40.9. The average molecular weight is 743 g/mol. The highest BCUT2D eigenvalue weighted by atomic mass is 16.7. The maximum absolute atomic E-state index is 11.6. The summed E-state index contributed by atoms with van der Waals surface area (Å²) in [7, 11) is 0. The summed E-state index contributed by atoms with van der Waals surface area (Å²) in [5.74, 6) is 1.28. The van der Waals surface area contributed by atoms with Gasteiger partial charge in [-0.25, -0.2) is 0 Å². The molecule has 0 aromatic rings. The van der Waals surface area contributed by atoms with E-state index in [1.807, 2.05) is 0 Å². The van der Waals surface area contributed by atoms with Gasteiger partial charge in [0.15, 0.2) is 12.6 Å². The van der Waals surface area contributed by atoms with Gasteiger partial charge in [0.25, 0.3) is 0 Å². The first-order valence-electron chi connectivity index (χ1n) is 19.8. The lowest BCUT2D eigenvalue weighted by Gasteiger charge is -2.58. The lowest BCUT2D eigenvalue weighted by atomic mass is 9.47. The van der Waals surface area contributed by atoms with Crippen LogP contribution >= 0.6 is 0 Å². The van der Waals surface area contributed by atoms with E-state index in [9.17, 15) is 46.0 Å². The molecule has 300 valence electrons. The minimum atomic E-state index is -1.53. The predicted molar refractivity (Wildman–Crippen MR) is 187 cm³/mol. The Morgan fingerprint density at radius 1 is 0.769 bits per heavy atom. The second kappa shape index (κ2) is 16.0. The van der Waals surface area contributed by atoms with E-state index in [4.69, 9.17) is 18.9 Å². The minimum absolute atomic E-state index is 0.0613. The van der Waals surface area contributed by atoms with Crippen LogP contribution in [0.2, 0.25) is 0 Å². The van der Waals surface area contributed by atoms with Crippen LogP contribution in [0.1, 0.15) is 92.4 Å². The molecule has 0 radical (unpaired) electrons. The molecule has 2 heterocycles. The maximum atomic E-state index is 11.6. The molecule has 0 aromatic heterocycles. The Hall–Kier alpha value is -0.780. The molecule has 5 fully saturated rings. The van der Waals surface area contributed by atoms with E-state index in [0.29, 0.717) is 37.0 Å². The SMILES string of the molecule is CC(C)CCC(O)C(C)C1C(OC2OC(CO)C(O)C(O)C2O)CC2C3CC=C4CC(OC5OC(CO)C(O)C(O)C5O)CCC4(C)C3CCC21C. The van der Waals surface area contributed by atoms with Gasteiger partial charge in [-0.3, -0.25) is 0 Å². The van der Waals surface area contributed by atoms with Gasteiger partial charge in [-0.15, -0.1) is 0 Å². The first-order valence-corrected chi connectivity index (χ1v) is 19.8. The van der Waals surface area contributed by atoms with E-state index in [1.54, 1.807) is 0 Å². The third-order valence-corrected chi connectivity index (χ3v) is 14.7. The van der Waals surface area contributed by atoms with E-state index in [0.717, 1.165) is 38.5 Å². The molecule has 3 saturated carbocycles. The van der Waals surface area contributed by atoms with Crippen LogP contribution in [0.5, 0.6) is 0 Å². The van der Waals surface area contributed by atoms with Gasteiger partial charge >= 0.3 is 0 Å². The van der Waals surface area contributed by atoms with Gasteiger partial charge in [-0.05, 0) is 104 Å². The van der Waals surface area contributed by atoms with Crippen LogP contribution in [0.3, 0.4) is 0 Å². The molecule has 6 aliphatic rings. The van der Waals surface area contributed by atoms with Crippen LogP contribution in [0.25, 0.3) is 0 Å². The van der Waals surface area contributed by atoms with Gasteiger partial charge in [0.2, 0.25) is 0 Å². The molecule has 13 heteroatoms. The standard InChI is InChI=1S/C39H66O13/c1-18(2)6-9-25(42)19(3)29-26(50-37-35(48)33(46)31(44)28(17-41)52-37)15-24-22-8-7-20-14-21(10-12-38(20,4)23(22)11-13-39(24,29)5)49-36-34(47)32(45)30(43)27(16-40)51-36/h7,18-19,21-37,40-48H,6,8-17H2,1-5H3. The highest BCUT2D eigenvalue weighted by Gasteiger charge is 2.63. The van der Waals surface area contributed by atoms with Crippen molar-refractivity contribution in [3.05, 3.63) is 11.6 Å². The fourth-order valence-corrected chi connectivity index (χ4v) is 11.6. The average Bonchev–Trinajstić information content (AvgIpc) is 3.42. The van der Waals surface area contributed by atoms with E-state index in [-0.39, 0.29) is 40.8 Å². The fraction of sp³-hybridized carbons (Fsp3) is 0.949. The lowest BCUT2D eigenvalue weighted by Crippen LogP contribution is -2.60. The summed E-state index contributed by atoms with van der Waals surface area (Å²) < 4.78 is 24.4. The van der Waals surface area contributed by atoms with Crippen molar-refractivity contribution >= 4 is 0 Å². The number of aliphatic hydroxyl groups excluding tert-OH is 9. The minimum Gasteiger partial charge on any atom is -0.394 e. The molecule has 52 heavy (non-hydrogen) atoms. The quantitative estimate of drug-likeness (QED) is 0.135. The summed E-state index contributed by atoms with van der Waals surface area (Å²) in [4.78, 5) is 0. The molecule has 0 amide bonds.